The van der Waals surface area contributed by atoms with Crippen molar-refractivity contribution in [3.8, 4) is 0 Å². The molecular formula is C8H6FNOS. The van der Waals surface area contributed by atoms with Crippen LogP contribution in [0.25, 0.3) is 0 Å². The second kappa shape index (κ2) is 4.01. The molecule has 12 heavy (non-hydrogen) atoms. The van der Waals surface area contributed by atoms with Gasteiger partial charge in [0.05, 0.1) is 6.42 Å². The Labute approximate surface area is 74.6 Å². The standard InChI is InChI=1S/C8H6FNOS/c9-7-3-1-6(2-4-7)5-8(11)10-12/h1-4H,5H2. The molecule has 0 aliphatic rings. The second-order valence-electron chi connectivity index (χ2n) is 2.29. The maximum absolute atomic E-state index is 12.4. The zero-order chi connectivity index (χ0) is 8.97. The Morgan fingerprint density at radius 1 is 1.42 bits per heavy atom. The minimum absolute atomic E-state index is 0.143. The SMILES string of the molecule is O=C(Cc1ccc(F)cc1)N=S. The van der Waals surface area contributed by atoms with Crippen molar-refractivity contribution in [3.05, 3.63) is 35.6 Å². The highest BCUT2D eigenvalue weighted by atomic mass is 32.1. The van der Waals surface area contributed by atoms with Gasteiger partial charge in [-0.25, -0.2) is 4.39 Å². The average Bonchev–Trinajstić information content (AvgIpc) is 2.09. The first-order valence-corrected chi connectivity index (χ1v) is 3.69. The lowest BCUT2D eigenvalue weighted by molar-refractivity contribution is -0.116. The Kier molecular flexibility index (Phi) is 2.99. The minimum atomic E-state index is -0.378. The van der Waals surface area contributed by atoms with Gasteiger partial charge in [0.2, 0.25) is 0 Å². The van der Waals surface area contributed by atoms with E-state index < -0.39 is 0 Å². The van der Waals surface area contributed by atoms with Crippen molar-refractivity contribution in [2.45, 2.75) is 6.42 Å². The molecule has 1 aromatic rings. The molecule has 62 valence electrons. The summed E-state index contributed by atoms with van der Waals surface area (Å²) in [6.45, 7) is 0. The second-order valence-corrected chi connectivity index (χ2v) is 2.47. The fourth-order valence-corrected chi connectivity index (χ4v) is 0.874. The highest BCUT2D eigenvalue weighted by Gasteiger charge is 2.00. The number of hydrogen-bond acceptors (Lipinski definition) is 2. The molecule has 1 aromatic carbocycles. The molecule has 1 amide bonds. The molecule has 0 spiro atoms. The summed E-state index contributed by atoms with van der Waals surface area (Å²) < 4.78 is 15.4. The molecule has 0 saturated carbocycles. The van der Waals surface area contributed by atoms with E-state index in [1.807, 2.05) is 0 Å². The number of carbonyl (C=O) groups excluding carboxylic acids is 1. The number of rotatable bonds is 2. The number of amides is 1. The maximum Gasteiger partial charge on any atom is 0.261 e. The van der Waals surface area contributed by atoms with Gasteiger partial charge in [0.1, 0.15) is 5.82 Å². The lowest BCUT2D eigenvalue weighted by Crippen LogP contribution is -1.97. The van der Waals surface area contributed by atoms with Gasteiger partial charge in [-0.05, 0) is 17.7 Å². The molecule has 0 aliphatic carbocycles. The number of carbonyl (C=O) groups is 1. The van der Waals surface area contributed by atoms with Gasteiger partial charge in [0.25, 0.3) is 5.91 Å². The zero-order valence-corrected chi connectivity index (χ0v) is 6.97. The predicted octanol–water partition coefficient (Wildman–Crippen LogP) is 1.63. The summed E-state index contributed by atoms with van der Waals surface area (Å²) in [7, 11) is 0. The molecule has 0 aliphatic heterocycles. The molecular weight excluding hydrogens is 177 g/mol. The normalized spacial score (nSPS) is 9.42. The third-order valence-corrected chi connectivity index (χ3v) is 1.57. The molecule has 0 N–H and O–H groups in total. The van der Waals surface area contributed by atoms with Gasteiger partial charge in [0, 0.05) is 12.4 Å². The summed E-state index contributed by atoms with van der Waals surface area (Å²) in [6, 6.07) is 5.67. The van der Waals surface area contributed by atoms with Crippen LogP contribution in [-0.4, -0.2) is 5.91 Å². The topological polar surface area (TPSA) is 29.4 Å². The van der Waals surface area contributed by atoms with Crippen molar-refractivity contribution >= 4 is 18.3 Å². The quantitative estimate of drug-likeness (QED) is 0.697. The van der Waals surface area contributed by atoms with Crippen LogP contribution in [0.15, 0.2) is 28.6 Å². The highest BCUT2D eigenvalue weighted by Crippen LogP contribution is 2.03. The van der Waals surface area contributed by atoms with Crippen LogP contribution in [0.1, 0.15) is 5.56 Å². The van der Waals surface area contributed by atoms with E-state index in [0.717, 1.165) is 5.56 Å². The Hall–Kier alpha value is -1.16. The summed E-state index contributed by atoms with van der Waals surface area (Å²) >= 11 is 4.20. The van der Waals surface area contributed by atoms with Gasteiger partial charge in [0.15, 0.2) is 0 Å². The zero-order valence-electron chi connectivity index (χ0n) is 6.16. The number of nitrogens with zero attached hydrogens (tertiary/aromatic N) is 1. The molecule has 4 heteroatoms. The Bertz CT molecular complexity index is 296. The molecule has 0 atom stereocenters. The predicted molar refractivity (Wildman–Crippen MR) is 44.9 cm³/mol. The first-order chi connectivity index (χ1) is 5.72. The fraction of sp³-hybridized carbons (Fsp3) is 0.125. The summed E-state index contributed by atoms with van der Waals surface area (Å²) in [5, 5.41) is 0. The molecule has 0 heterocycles. The number of halogens is 1. The average molecular weight is 183 g/mol. The first kappa shape index (κ1) is 8.93. The smallest absolute Gasteiger partial charge is 0.261 e. The van der Waals surface area contributed by atoms with Gasteiger partial charge >= 0.3 is 0 Å². The molecule has 0 saturated heterocycles. The number of benzene rings is 1. The third-order valence-electron chi connectivity index (χ3n) is 1.37. The van der Waals surface area contributed by atoms with E-state index in [1.165, 1.54) is 24.3 Å². The Morgan fingerprint density at radius 2 is 2.00 bits per heavy atom. The Morgan fingerprint density at radius 3 is 2.50 bits per heavy atom. The van der Waals surface area contributed by atoms with Gasteiger partial charge in [-0.2, -0.15) is 0 Å². The van der Waals surface area contributed by atoms with Gasteiger partial charge in [-0.15, -0.1) is 4.36 Å². The Balaban J connectivity index is 2.71. The van der Waals surface area contributed by atoms with Crippen LogP contribution >= 0.6 is 0 Å². The van der Waals surface area contributed by atoms with Crippen molar-refractivity contribution in [3.63, 3.8) is 0 Å². The molecule has 0 unspecified atom stereocenters. The van der Waals surface area contributed by atoms with E-state index in [2.05, 4.69) is 16.8 Å². The van der Waals surface area contributed by atoms with Crippen molar-refractivity contribution in [1.82, 2.24) is 0 Å². The lowest BCUT2D eigenvalue weighted by atomic mass is 10.1. The van der Waals surface area contributed by atoms with Crippen molar-refractivity contribution in [2.75, 3.05) is 0 Å². The first-order valence-electron chi connectivity index (χ1n) is 3.33. The van der Waals surface area contributed by atoms with E-state index >= 15 is 0 Å². The van der Waals surface area contributed by atoms with E-state index in [-0.39, 0.29) is 18.1 Å². The van der Waals surface area contributed by atoms with E-state index in [0.29, 0.717) is 0 Å². The van der Waals surface area contributed by atoms with Gasteiger partial charge in [-0.3, -0.25) is 4.79 Å². The molecule has 2 nitrogen and oxygen atoms in total. The van der Waals surface area contributed by atoms with Crippen LogP contribution < -0.4 is 0 Å². The van der Waals surface area contributed by atoms with Crippen molar-refractivity contribution in [1.29, 1.82) is 0 Å². The van der Waals surface area contributed by atoms with Crippen LogP contribution in [0, 0.1) is 5.82 Å². The van der Waals surface area contributed by atoms with Crippen LogP contribution in [0.5, 0.6) is 0 Å². The van der Waals surface area contributed by atoms with Crippen molar-refractivity contribution in [2.24, 2.45) is 4.36 Å². The van der Waals surface area contributed by atoms with Crippen LogP contribution in [0.3, 0.4) is 0 Å². The molecule has 0 radical (unpaired) electrons. The van der Waals surface area contributed by atoms with E-state index in [4.69, 9.17) is 0 Å². The van der Waals surface area contributed by atoms with E-state index in [9.17, 15) is 9.18 Å². The van der Waals surface area contributed by atoms with Gasteiger partial charge < -0.3 is 0 Å². The van der Waals surface area contributed by atoms with Crippen molar-refractivity contribution < 1.29 is 9.18 Å². The largest absolute Gasteiger partial charge is 0.271 e. The van der Waals surface area contributed by atoms with Crippen LogP contribution in [0.2, 0.25) is 0 Å². The molecule has 0 aromatic heterocycles. The summed E-state index contributed by atoms with van der Waals surface area (Å²) in [5.74, 6) is -0.696. The molecule has 1 rings (SSSR count). The maximum atomic E-state index is 12.4. The van der Waals surface area contributed by atoms with Gasteiger partial charge in [-0.1, -0.05) is 12.1 Å². The third kappa shape index (κ3) is 2.47. The summed E-state index contributed by atoms with van der Waals surface area (Å²) in [6.07, 6.45) is 0.143. The molecule has 0 fully saturated rings. The monoisotopic (exact) mass is 183 g/mol. The summed E-state index contributed by atoms with van der Waals surface area (Å²) in [5.41, 5.74) is 0.718. The minimum Gasteiger partial charge on any atom is -0.271 e. The highest BCUT2D eigenvalue weighted by molar-refractivity contribution is 7.47. The summed E-state index contributed by atoms with van der Waals surface area (Å²) in [4.78, 5) is 10.7. The van der Waals surface area contributed by atoms with E-state index in [1.54, 1.807) is 0 Å². The number of hydrogen-bond donors (Lipinski definition) is 0. The van der Waals surface area contributed by atoms with Crippen LogP contribution in [0.4, 0.5) is 4.39 Å². The fourth-order valence-electron chi connectivity index (χ4n) is 0.809. The van der Waals surface area contributed by atoms with Crippen LogP contribution in [-0.2, 0) is 23.6 Å². The lowest BCUT2D eigenvalue weighted by Gasteiger charge is -1.94. The molecule has 0 bridgehead atoms.